The van der Waals surface area contributed by atoms with E-state index in [4.69, 9.17) is 0 Å². The third kappa shape index (κ3) is 4.20. The highest BCUT2D eigenvalue weighted by Crippen LogP contribution is 2.31. The van der Waals surface area contributed by atoms with Crippen LogP contribution in [0.3, 0.4) is 0 Å². The molecule has 0 radical (unpaired) electrons. The lowest BCUT2D eigenvalue weighted by atomic mass is 10.0. The van der Waals surface area contributed by atoms with E-state index in [0.717, 1.165) is 24.0 Å². The number of nitrogens with one attached hydrogen (secondary N) is 1. The predicted octanol–water partition coefficient (Wildman–Crippen LogP) is 3.16. The van der Waals surface area contributed by atoms with Crippen LogP contribution in [0.15, 0.2) is 41.3 Å². The van der Waals surface area contributed by atoms with Gasteiger partial charge < -0.3 is 4.90 Å². The molecule has 0 bridgehead atoms. The van der Waals surface area contributed by atoms with Crippen molar-refractivity contribution in [3.05, 3.63) is 64.5 Å². The normalized spacial score (nSPS) is 14.2. The summed E-state index contributed by atoms with van der Waals surface area (Å²) in [7, 11) is -2.31. The highest BCUT2D eigenvalue weighted by atomic mass is 32.2. The lowest BCUT2D eigenvalue weighted by molar-refractivity contribution is 0.0729. The molecule has 144 valence electrons. The van der Waals surface area contributed by atoms with Gasteiger partial charge in [-0.15, -0.1) is 0 Å². The van der Waals surface area contributed by atoms with E-state index in [-0.39, 0.29) is 22.7 Å². The number of amides is 1. The van der Waals surface area contributed by atoms with Gasteiger partial charge in [-0.1, -0.05) is 12.1 Å². The van der Waals surface area contributed by atoms with Crippen LogP contribution in [0.4, 0.5) is 4.39 Å². The third-order valence-electron chi connectivity index (χ3n) is 4.94. The Kier molecular flexibility index (Phi) is 5.35. The van der Waals surface area contributed by atoms with Crippen molar-refractivity contribution in [3.8, 4) is 0 Å². The summed E-state index contributed by atoms with van der Waals surface area (Å²) in [5.41, 5.74) is 2.55. The first-order valence-electron chi connectivity index (χ1n) is 8.83. The number of carbonyl (C=O) groups excluding carboxylic acids is 1. The maximum atomic E-state index is 13.2. The summed E-state index contributed by atoms with van der Waals surface area (Å²) >= 11 is 0. The van der Waals surface area contributed by atoms with E-state index in [2.05, 4.69) is 4.72 Å². The number of benzene rings is 2. The van der Waals surface area contributed by atoms with Crippen LogP contribution in [0, 0.1) is 19.7 Å². The SMILES string of the molecule is CNS(=O)(=O)c1cc(C(=O)N(Cc2ccc(F)cc2)C2CC2)cc(C)c1C. The van der Waals surface area contributed by atoms with Crippen LogP contribution in [-0.2, 0) is 16.6 Å². The second-order valence-corrected chi connectivity index (χ2v) is 8.77. The molecule has 1 aliphatic rings. The summed E-state index contributed by atoms with van der Waals surface area (Å²) in [5, 5.41) is 0. The lowest BCUT2D eigenvalue weighted by Gasteiger charge is -2.23. The van der Waals surface area contributed by atoms with Gasteiger partial charge in [0.15, 0.2) is 0 Å². The van der Waals surface area contributed by atoms with E-state index in [1.54, 1.807) is 36.9 Å². The summed E-state index contributed by atoms with van der Waals surface area (Å²) in [4.78, 5) is 15.0. The third-order valence-corrected chi connectivity index (χ3v) is 6.48. The molecule has 2 aromatic rings. The van der Waals surface area contributed by atoms with Gasteiger partial charge in [0.25, 0.3) is 5.91 Å². The van der Waals surface area contributed by atoms with E-state index in [1.165, 1.54) is 25.2 Å². The predicted molar refractivity (Wildman–Crippen MR) is 101 cm³/mol. The molecule has 0 atom stereocenters. The Morgan fingerprint density at radius 3 is 2.37 bits per heavy atom. The Morgan fingerprint density at radius 1 is 1.19 bits per heavy atom. The van der Waals surface area contributed by atoms with Crippen molar-refractivity contribution in [2.24, 2.45) is 0 Å². The number of rotatable bonds is 6. The number of aryl methyl sites for hydroxylation is 1. The van der Waals surface area contributed by atoms with Gasteiger partial charge in [-0.3, -0.25) is 4.79 Å². The molecule has 0 unspecified atom stereocenters. The summed E-state index contributed by atoms with van der Waals surface area (Å²) in [6.07, 6.45) is 1.83. The molecular weight excluding hydrogens is 367 g/mol. The molecule has 1 fully saturated rings. The molecule has 0 saturated heterocycles. The molecule has 1 aliphatic carbocycles. The summed E-state index contributed by atoms with van der Waals surface area (Å²) < 4.78 is 40.1. The molecule has 3 rings (SSSR count). The first kappa shape index (κ1) is 19.5. The lowest BCUT2D eigenvalue weighted by Crippen LogP contribution is -2.33. The maximum Gasteiger partial charge on any atom is 0.254 e. The van der Waals surface area contributed by atoms with Gasteiger partial charge in [-0.05, 0) is 74.7 Å². The van der Waals surface area contributed by atoms with Gasteiger partial charge in [0.1, 0.15) is 5.82 Å². The highest BCUT2D eigenvalue weighted by Gasteiger charge is 2.33. The molecule has 0 aromatic heterocycles. The Balaban J connectivity index is 1.96. The largest absolute Gasteiger partial charge is 0.331 e. The molecule has 2 aromatic carbocycles. The van der Waals surface area contributed by atoms with Crippen molar-refractivity contribution >= 4 is 15.9 Å². The molecule has 27 heavy (non-hydrogen) atoms. The van der Waals surface area contributed by atoms with E-state index >= 15 is 0 Å². The fraction of sp³-hybridized carbons (Fsp3) is 0.350. The second-order valence-electron chi connectivity index (χ2n) is 6.91. The molecule has 1 N–H and O–H groups in total. The van der Waals surface area contributed by atoms with Crippen LogP contribution in [-0.4, -0.2) is 32.3 Å². The van der Waals surface area contributed by atoms with Crippen molar-refractivity contribution in [1.29, 1.82) is 0 Å². The number of halogens is 1. The monoisotopic (exact) mass is 390 g/mol. The molecule has 1 amide bonds. The smallest absolute Gasteiger partial charge is 0.254 e. The minimum Gasteiger partial charge on any atom is -0.331 e. The van der Waals surface area contributed by atoms with Gasteiger partial charge in [-0.2, -0.15) is 0 Å². The van der Waals surface area contributed by atoms with Crippen LogP contribution < -0.4 is 4.72 Å². The van der Waals surface area contributed by atoms with Crippen molar-refractivity contribution in [3.63, 3.8) is 0 Å². The van der Waals surface area contributed by atoms with Crippen molar-refractivity contribution in [1.82, 2.24) is 9.62 Å². The first-order chi connectivity index (χ1) is 12.7. The zero-order chi connectivity index (χ0) is 19.8. The quantitative estimate of drug-likeness (QED) is 0.824. The Bertz CT molecular complexity index is 967. The van der Waals surface area contributed by atoms with Crippen molar-refractivity contribution in [2.75, 3.05) is 7.05 Å². The number of sulfonamides is 1. The number of hydrogen-bond acceptors (Lipinski definition) is 3. The maximum absolute atomic E-state index is 13.2. The summed E-state index contributed by atoms with van der Waals surface area (Å²) in [6.45, 7) is 3.89. The minimum absolute atomic E-state index is 0.117. The molecular formula is C20H23FN2O3S. The molecule has 0 heterocycles. The zero-order valence-electron chi connectivity index (χ0n) is 15.6. The fourth-order valence-corrected chi connectivity index (χ4v) is 4.11. The van der Waals surface area contributed by atoms with Crippen LogP contribution in [0.1, 0.15) is 39.9 Å². The molecule has 0 spiro atoms. The molecule has 1 saturated carbocycles. The Hall–Kier alpha value is -2.25. The van der Waals surface area contributed by atoms with Gasteiger partial charge in [-0.25, -0.2) is 17.5 Å². The fourth-order valence-electron chi connectivity index (χ4n) is 3.04. The average Bonchev–Trinajstić information content (AvgIpc) is 3.47. The summed E-state index contributed by atoms with van der Waals surface area (Å²) in [5.74, 6) is -0.531. The number of carbonyl (C=O) groups is 1. The van der Waals surface area contributed by atoms with Crippen LogP contribution in [0.5, 0.6) is 0 Å². The molecule has 7 heteroatoms. The zero-order valence-corrected chi connectivity index (χ0v) is 16.4. The van der Waals surface area contributed by atoms with Gasteiger partial charge in [0.05, 0.1) is 4.90 Å². The van der Waals surface area contributed by atoms with E-state index in [9.17, 15) is 17.6 Å². The molecule has 0 aliphatic heterocycles. The van der Waals surface area contributed by atoms with Gasteiger partial charge in [0.2, 0.25) is 10.0 Å². The minimum atomic E-state index is -3.66. The highest BCUT2D eigenvalue weighted by molar-refractivity contribution is 7.89. The number of hydrogen-bond donors (Lipinski definition) is 1. The van der Waals surface area contributed by atoms with E-state index < -0.39 is 10.0 Å². The average molecular weight is 390 g/mol. The van der Waals surface area contributed by atoms with E-state index in [0.29, 0.717) is 17.7 Å². The topological polar surface area (TPSA) is 66.5 Å². The van der Waals surface area contributed by atoms with Crippen LogP contribution in [0.25, 0.3) is 0 Å². The van der Waals surface area contributed by atoms with Crippen LogP contribution >= 0.6 is 0 Å². The standard InChI is InChI=1S/C20H23FN2O3S/c1-13-10-16(11-19(14(13)2)27(25,26)22-3)20(24)23(18-8-9-18)12-15-4-6-17(21)7-5-15/h4-7,10-11,18,22H,8-9,12H2,1-3H3. The van der Waals surface area contributed by atoms with E-state index in [1.807, 2.05) is 0 Å². The number of nitrogens with zero attached hydrogens (tertiary/aromatic N) is 1. The van der Waals surface area contributed by atoms with Crippen molar-refractivity contribution < 1.29 is 17.6 Å². The van der Waals surface area contributed by atoms with Gasteiger partial charge >= 0.3 is 0 Å². The summed E-state index contributed by atoms with van der Waals surface area (Å²) in [6, 6.07) is 9.37. The Morgan fingerprint density at radius 2 is 1.81 bits per heavy atom. The van der Waals surface area contributed by atoms with Crippen molar-refractivity contribution in [2.45, 2.75) is 44.2 Å². The Labute approximate surface area is 159 Å². The molecule has 5 nitrogen and oxygen atoms in total. The first-order valence-corrected chi connectivity index (χ1v) is 10.3. The van der Waals surface area contributed by atoms with Crippen LogP contribution in [0.2, 0.25) is 0 Å². The second kappa shape index (κ2) is 7.40. The van der Waals surface area contributed by atoms with Gasteiger partial charge in [0, 0.05) is 18.2 Å².